The number of piperidine rings is 2. The number of aryl methyl sites for hydroxylation is 1. The molecule has 8 heteroatoms. The van der Waals surface area contributed by atoms with Crippen LogP contribution in [0.4, 0.5) is 0 Å². The van der Waals surface area contributed by atoms with E-state index in [1.807, 2.05) is 12.5 Å². The van der Waals surface area contributed by atoms with Gasteiger partial charge in [0.1, 0.15) is 12.2 Å². The number of carbonyl (C=O) groups excluding carboxylic acids is 1. The van der Waals surface area contributed by atoms with E-state index < -0.39 is 0 Å². The molecule has 8 nitrogen and oxygen atoms in total. The molecule has 2 aliphatic rings. The zero-order chi connectivity index (χ0) is 18.7. The van der Waals surface area contributed by atoms with E-state index in [9.17, 15) is 4.79 Å². The van der Waals surface area contributed by atoms with Crippen LogP contribution in [0.3, 0.4) is 0 Å². The molecule has 2 aromatic rings. The van der Waals surface area contributed by atoms with Gasteiger partial charge in [-0.2, -0.15) is 0 Å². The molecule has 1 spiro atoms. The number of nitrogens with one attached hydrogen (secondary N) is 1. The lowest BCUT2D eigenvalue weighted by Crippen LogP contribution is -2.51. The molecule has 1 amide bonds. The summed E-state index contributed by atoms with van der Waals surface area (Å²) in [7, 11) is 0. The Morgan fingerprint density at radius 1 is 1.26 bits per heavy atom. The van der Waals surface area contributed by atoms with Crippen molar-refractivity contribution >= 4 is 5.91 Å². The lowest BCUT2D eigenvalue weighted by Gasteiger charge is -2.47. The van der Waals surface area contributed by atoms with Crippen molar-refractivity contribution in [2.24, 2.45) is 5.41 Å². The minimum absolute atomic E-state index is 0.289. The van der Waals surface area contributed by atoms with Crippen LogP contribution in [0.5, 0.6) is 0 Å². The number of hydrogen-bond donors (Lipinski definition) is 1. The molecule has 0 aromatic carbocycles. The van der Waals surface area contributed by atoms with Crippen molar-refractivity contribution in [1.29, 1.82) is 0 Å². The summed E-state index contributed by atoms with van der Waals surface area (Å²) >= 11 is 0. The van der Waals surface area contributed by atoms with Gasteiger partial charge in [0.15, 0.2) is 0 Å². The standard InChI is InChI=1S/C19H29N7O/c1-2-25-15-22-23-17(25)12-24-9-6-19(7-10-24)5-3-18(27)26(13-19)8-4-16-11-20-14-21-16/h11,14-15H,2-10,12-13H2,1H3,(H,20,21). The van der Waals surface area contributed by atoms with E-state index in [4.69, 9.17) is 0 Å². The molecule has 2 saturated heterocycles. The van der Waals surface area contributed by atoms with Crippen LogP contribution in [0.2, 0.25) is 0 Å². The largest absolute Gasteiger partial charge is 0.348 e. The summed E-state index contributed by atoms with van der Waals surface area (Å²) in [5.74, 6) is 1.35. The molecule has 2 fully saturated rings. The van der Waals surface area contributed by atoms with Crippen LogP contribution in [0, 0.1) is 5.41 Å². The number of likely N-dealkylation sites (tertiary alicyclic amines) is 2. The van der Waals surface area contributed by atoms with Crippen LogP contribution in [0.1, 0.15) is 44.1 Å². The Morgan fingerprint density at radius 2 is 2.11 bits per heavy atom. The summed E-state index contributed by atoms with van der Waals surface area (Å²) < 4.78 is 2.11. The number of imidazole rings is 1. The maximum Gasteiger partial charge on any atom is 0.222 e. The molecule has 1 N–H and O–H groups in total. The molecule has 0 saturated carbocycles. The van der Waals surface area contributed by atoms with Crippen molar-refractivity contribution in [1.82, 2.24) is 34.5 Å². The van der Waals surface area contributed by atoms with E-state index in [0.29, 0.717) is 12.3 Å². The van der Waals surface area contributed by atoms with Gasteiger partial charge in [-0.25, -0.2) is 4.98 Å². The van der Waals surface area contributed by atoms with Gasteiger partial charge >= 0.3 is 0 Å². The molecule has 2 aliphatic heterocycles. The van der Waals surface area contributed by atoms with E-state index in [0.717, 1.165) is 76.5 Å². The zero-order valence-corrected chi connectivity index (χ0v) is 16.1. The summed E-state index contributed by atoms with van der Waals surface area (Å²) in [6.45, 7) is 7.72. The number of aromatic amines is 1. The molecule has 4 rings (SSSR count). The van der Waals surface area contributed by atoms with Gasteiger partial charge in [-0.3, -0.25) is 9.69 Å². The average molecular weight is 371 g/mol. The van der Waals surface area contributed by atoms with Gasteiger partial charge in [0.2, 0.25) is 5.91 Å². The van der Waals surface area contributed by atoms with E-state index in [1.165, 1.54) is 0 Å². The Morgan fingerprint density at radius 3 is 2.85 bits per heavy atom. The van der Waals surface area contributed by atoms with Crippen LogP contribution in [-0.4, -0.2) is 66.6 Å². The molecule has 2 aromatic heterocycles. The third kappa shape index (κ3) is 4.05. The molecule has 0 unspecified atom stereocenters. The first-order valence-corrected chi connectivity index (χ1v) is 10.0. The first kappa shape index (κ1) is 18.2. The van der Waals surface area contributed by atoms with E-state index >= 15 is 0 Å². The Labute approximate surface area is 160 Å². The van der Waals surface area contributed by atoms with E-state index in [-0.39, 0.29) is 5.41 Å². The highest BCUT2D eigenvalue weighted by Gasteiger charge is 2.40. The lowest BCUT2D eigenvalue weighted by atomic mass is 9.72. The van der Waals surface area contributed by atoms with Crippen molar-refractivity contribution in [3.63, 3.8) is 0 Å². The lowest BCUT2D eigenvalue weighted by molar-refractivity contribution is -0.139. The second-order valence-corrected chi connectivity index (χ2v) is 7.95. The molecule has 0 aliphatic carbocycles. The Hall–Kier alpha value is -2.22. The maximum absolute atomic E-state index is 12.4. The number of H-pyrrole nitrogens is 1. The molecule has 0 atom stereocenters. The summed E-state index contributed by atoms with van der Waals surface area (Å²) in [4.78, 5) is 24.1. The third-order valence-electron chi connectivity index (χ3n) is 6.27. The number of amides is 1. The minimum Gasteiger partial charge on any atom is -0.348 e. The fourth-order valence-electron chi connectivity index (χ4n) is 4.44. The fraction of sp³-hybridized carbons (Fsp3) is 0.684. The van der Waals surface area contributed by atoms with Crippen LogP contribution in [0.25, 0.3) is 0 Å². The Kier molecular flexibility index (Phi) is 5.24. The quantitative estimate of drug-likeness (QED) is 0.831. The number of rotatable bonds is 6. The monoisotopic (exact) mass is 371 g/mol. The van der Waals surface area contributed by atoms with Gasteiger partial charge in [-0.15, -0.1) is 10.2 Å². The van der Waals surface area contributed by atoms with Crippen molar-refractivity contribution in [3.8, 4) is 0 Å². The van der Waals surface area contributed by atoms with Gasteiger partial charge in [-0.05, 0) is 44.7 Å². The molecule has 27 heavy (non-hydrogen) atoms. The average Bonchev–Trinajstić information content (AvgIpc) is 3.36. The van der Waals surface area contributed by atoms with Gasteiger partial charge in [0.05, 0.1) is 12.9 Å². The SMILES string of the molecule is CCn1cnnc1CN1CCC2(CCC(=O)N(CCc3cnc[nH]3)C2)CC1. The highest BCUT2D eigenvalue weighted by atomic mass is 16.2. The molecule has 0 radical (unpaired) electrons. The number of nitrogens with zero attached hydrogens (tertiary/aromatic N) is 6. The molecule has 146 valence electrons. The van der Waals surface area contributed by atoms with Crippen molar-refractivity contribution in [2.75, 3.05) is 26.2 Å². The number of carbonyl (C=O) groups is 1. The molecule has 4 heterocycles. The second-order valence-electron chi connectivity index (χ2n) is 7.95. The van der Waals surface area contributed by atoms with Gasteiger partial charge in [0, 0.05) is 44.4 Å². The highest BCUT2D eigenvalue weighted by Crippen LogP contribution is 2.40. The summed E-state index contributed by atoms with van der Waals surface area (Å²) in [6.07, 6.45) is 10.2. The van der Waals surface area contributed by atoms with E-state index in [1.54, 1.807) is 6.33 Å². The van der Waals surface area contributed by atoms with Gasteiger partial charge in [-0.1, -0.05) is 0 Å². The Balaban J connectivity index is 1.32. The number of hydrogen-bond acceptors (Lipinski definition) is 5. The van der Waals surface area contributed by atoms with Crippen LogP contribution in [0.15, 0.2) is 18.9 Å². The predicted molar refractivity (Wildman–Crippen MR) is 101 cm³/mol. The van der Waals surface area contributed by atoms with Crippen LogP contribution >= 0.6 is 0 Å². The molecular weight excluding hydrogens is 342 g/mol. The van der Waals surface area contributed by atoms with Crippen LogP contribution in [-0.2, 0) is 24.3 Å². The van der Waals surface area contributed by atoms with Crippen molar-refractivity contribution < 1.29 is 4.79 Å². The van der Waals surface area contributed by atoms with Gasteiger partial charge in [0.25, 0.3) is 0 Å². The molecular formula is C19H29N7O. The van der Waals surface area contributed by atoms with Crippen molar-refractivity contribution in [3.05, 3.63) is 30.4 Å². The van der Waals surface area contributed by atoms with Crippen molar-refractivity contribution in [2.45, 2.75) is 52.1 Å². The highest BCUT2D eigenvalue weighted by molar-refractivity contribution is 5.77. The summed E-state index contributed by atoms with van der Waals surface area (Å²) in [5.41, 5.74) is 1.38. The van der Waals surface area contributed by atoms with E-state index in [2.05, 4.69) is 41.5 Å². The first-order valence-electron chi connectivity index (χ1n) is 10.0. The van der Waals surface area contributed by atoms with Crippen LogP contribution < -0.4 is 0 Å². The molecule has 0 bridgehead atoms. The fourth-order valence-corrected chi connectivity index (χ4v) is 4.44. The normalized spacial score (nSPS) is 20.5. The minimum atomic E-state index is 0.289. The zero-order valence-electron chi connectivity index (χ0n) is 16.1. The Bertz CT molecular complexity index is 746. The maximum atomic E-state index is 12.4. The first-order chi connectivity index (χ1) is 13.2. The summed E-state index contributed by atoms with van der Waals surface area (Å²) in [5, 5.41) is 8.30. The topological polar surface area (TPSA) is 82.9 Å². The number of aromatic nitrogens is 5. The summed E-state index contributed by atoms with van der Waals surface area (Å²) in [6, 6.07) is 0. The third-order valence-corrected chi connectivity index (χ3v) is 6.27. The van der Waals surface area contributed by atoms with Gasteiger partial charge < -0.3 is 14.5 Å². The second kappa shape index (κ2) is 7.80. The smallest absolute Gasteiger partial charge is 0.222 e. The predicted octanol–water partition coefficient (Wildman–Crippen LogP) is 1.47.